The van der Waals surface area contributed by atoms with E-state index < -0.39 is 0 Å². The lowest BCUT2D eigenvalue weighted by atomic mass is 9.99. The molecule has 0 aliphatic rings. The van der Waals surface area contributed by atoms with Crippen molar-refractivity contribution in [1.29, 1.82) is 0 Å². The summed E-state index contributed by atoms with van der Waals surface area (Å²) < 4.78 is 0. The van der Waals surface area contributed by atoms with Crippen molar-refractivity contribution in [2.45, 2.75) is 0 Å². The molecule has 0 aromatic heterocycles. The van der Waals surface area contributed by atoms with E-state index in [1.54, 1.807) is 0 Å². The summed E-state index contributed by atoms with van der Waals surface area (Å²) in [6.45, 7) is 0. The van der Waals surface area contributed by atoms with Gasteiger partial charge in [-0.25, -0.2) is 0 Å². The molecular weight excluding hydrogens is 374 g/mol. The number of hydrogen-bond donors (Lipinski definition) is 0. The van der Waals surface area contributed by atoms with Crippen molar-refractivity contribution in [3.05, 3.63) is 127 Å². The lowest BCUT2D eigenvalue weighted by molar-refractivity contribution is 1.31. The Bertz CT molecular complexity index is 1530. The number of fused-ring (bicyclic) bond motifs is 4. The molecule has 0 amide bonds. The monoisotopic (exact) mass is 395 g/mol. The maximum Gasteiger partial charge on any atom is 0.0546 e. The van der Waals surface area contributed by atoms with Crippen molar-refractivity contribution in [3.8, 4) is 0 Å². The first-order valence-electron chi connectivity index (χ1n) is 10.6. The van der Waals surface area contributed by atoms with Gasteiger partial charge in [0.1, 0.15) is 0 Å². The largest absolute Gasteiger partial charge is 0.310 e. The second-order valence-corrected chi connectivity index (χ2v) is 7.86. The summed E-state index contributed by atoms with van der Waals surface area (Å²) in [5, 5.41) is 7.55. The van der Waals surface area contributed by atoms with E-state index in [0.717, 1.165) is 11.4 Å². The topological polar surface area (TPSA) is 3.24 Å². The first-order valence-corrected chi connectivity index (χ1v) is 10.6. The molecule has 0 fully saturated rings. The normalized spacial score (nSPS) is 11.2. The Kier molecular flexibility index (Phi) is 4.18. The Morgan fingerprint density at radius 2 is 0.968 bits per heavy atom. The fraction of sp³-hybridized carbons (Fsp3) is 0. The average molecular weight is 396 g/mol. The molecule has 6 aromatic rings. The second kappa shape index (κ2) is 7.30. The van der Waals surface area contributed by atoms with Gasteiger partial charge in [0.25, 0.3) is 0 Å². The van der Waals surface area contributed by atoms with E-state index in [2.05, 4.69) is 132 Å². The molecule has 0 saturated heterocycles. The molecule has 0 bridgehead atoms. The van der Waals surface area contributed by atoms with Crippen molar-refractivity contribution in [2.24, 2.45) is 0 Å². The third-order valence-electron chi connectivity index (χ3n) is 5.99. The lowest BCUT2D eigenvalue weighted by Crippen LogP contribution is -2.10. The fourth-order valence-electron chi connectivity index (χ4n) is 4.54. The molecule has 146 valence electrons. The molecule has 1 nitrogen and oxygen atoms in total. The zero-order valence-electron chi connectivity index (χ0n) is 17.1. The fourth-order valence-corrected chi connectivity index (χ4v) is 4.54. The van der Waals surface area contributed by atoms with Crippen LogP contribution in [0.15, 0.2) is 127 Å². The van der Waals surface area contributed by atoms with Gasteiger partial charge >= 0.3 is 0 Å². The number of benzene rings is 6. The number of nitrogens with zero attached hydrogens (tertiary/aromatic N) is 1. The Morgan fingerprint density at radius 1 is 0.355 bits per heavy atom. The molecule has 0 atom stereocenters. The molecule has 6 rings (SSSR count). The van der Waals surface area contributed by atoms with Crippen LogP contribution in [-0.2, 0) is 0 Å². The molecular formula is C30H21N. The van der Waals surface area contributed by atoms with Gasteiger partial charge in [-0.3, -0.25) is 0 Å². The van der Waals surface area contributed by atoms with Gasteiger partial charge < -0.3 is 4.90 Å². The maximum atomic E-state index is 2.38. The summed E-state index contributed by atoms with van der Waals surface area (Å²) >= 11 is 0. The third kappa shape index (κ3) is 3.03. The lowest BCUT2D eigenvalue weighted by Gasteiger charge is -2.27. The Hall–Kier alpha value is -4.10. The van der Waals surface area contributed by atoms with E-state index in [9.17, 15) is 0 Å². The van der Waals surface area contributed by atoms with Crippen LogP contribution in [-0.4, -0.2) is 0 Å². The summed E-state index contributed by atoms with van der Waals surface area (Å²) in [6.07, 6.45) is 0. The molecule has 0 aliphatic heterocycles. The highest BCUT2D eigenvalue weighted by atomic mass is 15.1. The highest BCUT2D eigenvalue weighted by Gasteiger charge is 2.17. The first kappa shape index (κ1) is 17.7. The van der Waals surface area contributed by atoms with Gasteiger partial charge in [-0.1, -0.05) is 97.1 Å². The average Bonchev–Trinajstić information content (AvgIpc) is 2.85. The maximum absolute atomic E-state index is 2.38. The minimum atomic E-state index is 1.15. The summed E-state index contributed by atoms with van der Waals surface area (Å²) in [5.74, 6) is 0. The van der Waals surface area contributed by atoms with Crippen molar-refractivity contribution >= 4 is 49.4 Å². The molecule has 0 heterocycles. The molecule has 1 heteroatoms. The van der Waals surface area contributed by atoms with Gasteiger partial charge in [0.05, 0.1) is 5.69 Å². The van der Waals surface area contributed by atoms with Crippen LogP contribution in [0.3, 0.4) is 0 Å². The summed E-state index contributed by atoms with van der Waals surface area (Å²) in [7, 11) is 0. The van der Waals surface area contributed by atoms with Crippen LogP contribution in [0, 0.1) is 0 Å². The minimum Gasteiger partial charge on any atom is -0.310 e. The zero-order valence-corrected chi connectivity index (χ0v) is 17.1. The predicted octanol–water partition coefficient (Wildman–Crippen LogP) is 8.62. The van der Waals surface area contributed by atoms with E-state index in [1.165, 1.54) is 38.0 Å². The van der Waals surface area contributed by atoms with Crippen molar-refractivity contribution in [1.82, 2.24) is 0 Å². The SMILES string of the molecule is c1ccc(N(c2ccc3ccccc3c2)c2cc3ccccc3c3ccccc23)cc1. The predicted molar refractivity (Wildman–Crippen MR) is 134 cm³/mol. The number of hydrogen-bond acceptors (Lipinski definition) is 1. The quantitative estimate of drug-likeness (QED) is 0.271. The zero-order chi connectivity index (χ0) is 20.6. The smallest absolute Gasteiger partial charge is 0.0546 e. The Morgan fingerprint density at radius 3 is 1.77 bits per heavy atom. The second-order valence-electron chi connectivity index (χ2n) is 7.86. The van der Waals surface area contributed by atoms with Gasteiger partial charge in [0, 0.05) is 16.8 Å². The van der Waals surface area contributed by atoms with Crippen LogP contribution in [0.25, 0.3) is 32.3 Å². The number of anilines is 3. The van der Waals surface area contributed by atoms with Crippen molar-refractivity contribution < 1.29 is 0 Å². The molecule has 6 aromatic carbocycles. The minimum absolute atomic E-state index is 1.15. The summed E-state index contributed by atoms with van der Waals surface area (Å²) in [6, 6.07) is 45.6. The number of para-hydroxylation sites is 1. The van der Waals surface area contributed by atoms with Crippen LogP contribution in [0.1, 0.15) is 0 Å². The Labute approximate surface area is 181 Å². The Balaban J connectivity index is 1.69. The number of rotatable bonds is 3. The van der Waals surface area contributed by atoms with E-state index in [1.807, 2.05) is 0 Å². The first-order chi connectivity index (χ1) is 15.4. The van der Waals surface area contributed by atoms with Gasteiger partial charge in [-0.2, -0.15) is 0 Å². The molecule has 0 unspecified atom stereocenters. The van der Waals surface area contributed by atoms with Crippen LogP contribution in [0.5, 0.6) is 0 Å². The van der Waals surface area contributed by atoms with E-state index in [4.69, 9.17) is 0 Å². The van der Waals surface area contributed by atoms with E-state index in [0.29, 0.717) is 0 Å². The molecule has 0 saturated carbocycles. The van der Waals surface area contributed by atoms with E-state index >= 15 is 0 Å². The molecule has 0 spiro atoms. The third-order valence-corrected chi connectivity index (χ3v) is 5.99. The molecule has 0 radical (unpaired) electrons. The van der Waals surface area contributed by atoms with Crippen molar-refractivity contribution in [3.63, 3.8) is 0 Å². The van der Waals surface area contributed by atoms with Gasteiger partial charge in [0.2, 0.25) is 0 Å². The van der Waals surface area contributed by atoms with Crippen LogP contribution < -0.4 is 4.90 Å². The van der Waals surface area contributed by atoms with Crippen LogP contribution in [0.2, 0.25) is 0 Å². The molecule has 0 aliphatic carbocycles. The highest BCUT2D eigenvalue weighted by Crippen LogP contribution is 2.42. The van der Waals surface area contributed by atoms with Gasteiger partial charge in [-0.05, 0) is 57.3 Å². The van der Waals surface area contributed by atoms with Crippen LogP contribution >= 0.6 is 0 Å². The standard InChI is InChI=1S/C30H21N/c1-2-13-25(14-3-1)31(26-19-18-22-10-4-5-11-23(22)20-26)30-21-24-12-6-7-15-27(24)28-16-8-9-17-29(28)30/h1-21H. The van der Waals surface area contributed by atoms with Gasteiger partial charge in [0.15, 0.2) is 0 Å². The molecule has 31 heavy (non-hydrogen) atoms. The van der Waals surface area contributed by atoms with E-state index in [-0.39, 0.29) is 0 Å². The summed E-state index contributed by atoms with van der Waals surface area (Å²) in [4.78, 5) is 2.38. The van der Waals surface area contributed by atoms with Crippen LogP contribution in [0.4, 0.5) is 17.1 Å². The molecule has 0 N–H and O–H groups in total. The summed E-state index contributed by atoms with van der Waals surface area (Å²) in [5.41, 5.74) is 3.50. The van der Waals surface area contributed by atoms with Crippen molar-refractivity contribution in [2.75, 3.05) is 4.90 Å². The highest BCUT2D eigenvalue weighted by molar-refractivity contribution is 6.14. The van der Waals surface area contributed by atoms with Gasteiger partial charge in [-0.15, -0.1) is 0 Å².